The number of pyridine rings is 1. The monoisotopic (exact) mass is 569 g/mol. The molecule has 0 aliphatic carbocycles. The highest BCUT2D eigenvalue weighted by atomic mass is 16.6. The fourth-order valence-electron chi connectivity index (χ4n) is 4.05. The number of likely N-dealkylation sites (N-methyl/N-ethyl adjacent to an activating group) is 1. The lowest BCUT2D eigenvalue weighted by molar-refractivity contribution is -0.111. The highest BCUT2D eigenvalue weighted by Gasteiger charge is 2.23. The molecule has 0 bridgehead atoms. The van der Waals surface area contributed by atoms with E-state index in [2.05, 4.69) is 15.6 Å². The number of nitrogens with one attached hydrogen (secondary N) is 2. The van der Waals surface area contributed by atoms with E-state index < -0.39 is 17.8 Å². The van der Waals surface area contributed by atoms with Gasteiger partial charge in [0.25, 0.3) is 0 Å². The van der Waals surface area contributed by atoms with Crippen molar-refractivity contribution in [2.24, 2.45) is 0 Å². The number of hydrogen-bond acceptors (Lipinski definition) is 7. The van der Waals surface area contributed by atoms with Crippen LogP contribution in [0.5, 0.6) is 0 Å². The van der Waals surface area contributed by atoms with Gasteiger partial charge in [-0.15, -0.1) is 0 Å². The number of nitrogens with zero attached hydrogens (tertiary/aromatic N) is 3. The van der Waals surface area contributed by atoms with Gasteiger partial charge in [-0.05, 0) is 64.2 Å². The first kappa shape index (κ1) is 30.0. The molecule has 0 saturated carbocycles. The highest BCUT2D eigenvalue weighted by molar-refractivity contribution is 6.03. The van der Waals surface area contributed by atoms with Crippen LogP contribution in [-0.2, 0) is 20.9 Å². The maximum Gasteiger partial charge on any atom is 0.420 e. The van der Waals surface area contributed by atoms with Gasteiger partial charge < -0.3 is 19.7 Å². The Balaban J connectivity index is 1.64. The average molecular weight is 570 g/mol. The Labute approximate surface area is 244 Å². The van der Waals surface area contributed by atoms with Gasteiger partial charge in [0, 0.05) is 35.5 Å². The predicted octanol–water partition coefficient (Wildman–Crippen LogP) is 6.29. The normalized spacial score (nSPS) is 11.6. The van der Waals surface area contributed by atoms with Crippen LogP contribution in [-0.4, -0.2) is 58.8 Å². The lowest BCUT2D eigenvalue weighted by Gasteiger charge is -2.19. The van der Waals surface area contributed by atoms with Gasteiger partial charge in [0.05, 0.1) is 11.9 Å². The second kappa shape index (κ2) is 13.1. The minimum Gasteiger partial charge on any atom is -0.444 e. The summed E-state index contributed by atoms with van der Waals surface area (Å²) >= 11 is 0. The third kappa shape index (κ3) is 8.28. The number of anilines is 2. The van der Waals surface area contributed by atoms with Crippen molar-refractivity contribution in [1.29, 1.82) is 0 Å². The van der Waals surface area contributed by atoms with Crippen LogP contribution in [0.2, 0.25) is 0 Å². The van der Waals surface area contributed by atoms with Crippen LogP contribution in [0.1, 0.15) is 26.3 Å². The van der Waals surface area contributed by atoms with Crippen molar-refractivity contribution in [2.75, 3.05) is 31.3 Å². The van der Waals surface area contributed by atoms with Crippen LogP contribution in [0.15, 0.2) is 85.2 Å². The lowest BCUT2D eigenvalue weighted by Crippen LogP contribution is -2.26. The molecule has 2 aromatic heterocycles. The van der Waals surface area contributed by atoms with Crippen LogP contribution in [0.25, 0.3) is 22.2 Å². The van der Waals surface area contributed by atoms with Gasteiger partial charge in [0.1, 0.15) is 17.9 Å². The molecule has 2 heterocycles. The standard InChI is InChI=1S/C32H35N5O5/c1-32(2,3)42-31(40)37-20-27(23-13-9-14-24(17-23)34-28(38)15-10-16-36(4)5)26-18-25(19-33-29(26)37)35-30(39)41-21-22-11-7-6-8-12-22/h6-15,17-20H,16,21H2,1-5H3,(H,34,38)(H,35,39). The summed E-state index contributed by atoms with van der Waals surface area (Å²) in [6, 6.07) is 18.3. The van der Waals surface area contributed by atoms with E-state index in [9.17, 15) is 14.4 Å². The Kier molecular flexibility index (Phi) is 9.39. The van der Waals surface area contributed by atoms with E-state index >= 15 is 0 Å². The number of carbonyl (C=O) groups excluding carboxylic acids is 3. The van der Waals surface area contributed by atoms with E-state index in [-0.39, 0.29) is 12.5 Å². The van der Waals surface area contributed by atoms with Crippen molar-refractivity contribution < 1.29 is 23.9 Å². The molecule has 0 fully saturated rings. The maximum absolute atomic E-state index is 13.1. The molecule has 10 heteroatoms. The maximum atomic E-state index is 13.1. The van der Waals surface area contributed by atoms with Crippen molar-refractivity contribution in [3.8, 4) is 11.1 Å². The number of rotatable bonds is 8. The molecule has 0 spiro atoms. The largest absolute Gasteiger partial charge is 0.444 e. The molecule has 218 valence electrons. The number of hydrogen-bond donors (Lipinski definition) is 2. The van der Waals surface area contributed by atoms with Crippen LogP contribution in [0.3, 0.4) is 0 Å². The van der Waals surface area contributed by atoms with E-state index in [1.165, 1.54) is 16.8 Å². The molecule has 2 N–H and O–H groups in total. The number of amides is 2. The van der Waals surface area contributed by atoms with Crippen LogP contribution < -0.4 is 10.6 Å². The third-order valence-corrected chi connectivity index (χ3v) is 5.87. The SMILES string of the molecule is CN(C)CC=CC(=O)Nc1cccc(-c2cn(C(=O)OC(C)(C)C)c3ncc(NC(=O)OCc4ccccc4)cc23)c1. The first-order valence-electron chi connectivity index (χ1n) is 13.4. The smallest absolute Gasteiger partial charge is 0.420 e. The molecule has 0 atom stereocenters. The van der Waals surface area contributed by atoms with Crippen LogP contribution >= 0.6 is 0 Å². The number of benzene rings is 2. The summed E-state index contributed by atoms with van der Waals surface area (Å²) in [5.41, 5.74) is 2.84. The zero-order valence-corrected chi connectivity index (χ0v) is 24.4. The molecule has 0 unspecified atom stereocenters. The first-order chi connectivity index (χ1) is 20.0. The van der Waals surface area contributed by atoms with Crippen molar-refractivity contribution in [1.82, 2.24) is 14.5 Å². The molecular formula is C32H35N5O5. The number of ether oxygens (including phenoxy) is 2. The van der Waals surface area contributed by atoms with E-state index in [4.69, 9.17) is 9.47 Å². The van der Waals surface area contributed by atoms with E-state index in [1.807, 2.05) is 61.5 Å². The zero-order valence-electron chi connectivity index (χ0n) is 24.4. The quantitative estimate of drug-likeness (QED) is 0.240. The first-order valence-corrected chi connectivity index (χ1v) is 13.4. The number of fused-ring (bicyclic) bond motifs is 1. The van der Waals surface area contributed by atoms with Crippen molar-refractivity contribution in [3.63, 3.8) is 0 Å². The molecule has 42 heavy (non-hydrogen) atoms. The number of carbonyl (C=O) groups is 3. The van der Waals surface area contributed by atoms with Gasteiger partial charge >= 0.3 is 12.2 Å². The van der Waals surface area contributed by atoms with Gasteiger partial charge in [-0.1, -0.05) is 48.5 Å². The van der Waals surface area contributed by atoms with Crippen molar-refractivity contribution >= 4 is 40.5 Å². The molecule has 0 saturated heterocycles. The fourth-order valence-corrected chi connectivity index (χ4v) is 4.05. The summed E-state index contributed by atoms with van der Waals surface area (Å²) < 4.78 is 12.3. The van der Waals surface area contributed by atoms with Crippen molar-refractivity contribution in [2.45, 2.75) is 33.0 Å². The van der Waals surface area contributed by atoms with Crippen molar-refractivity contribution in [3.05, 3.63) is 90.8 Å². The minimum atomic E-state index is -0.720. The summed E-state index contributed by atoms with van der Waals surface area (Å²) in [6.45, 7) is 6.11. The summed E-state index contributed by atoms with van der Waals surface area (Å²) in [6.07, 6.45) is 5.12. The average Bonchev–Trinajstić information content (AvgIpc) is 3.31. The Hall–Kier alpha value is -4.96. The zero-order chi connectivity index (χ0) is 30.3. The van der Waals surface area contributed by atoms with Crippen LogP contribution in [0, 0.1) is 0 Å². The topological polar surface area (TPSA) is 115 Å². The summed E-state index contributed by atoms with van der Waals surface area (Å²) in [5, 5.41) is 6.17. The van der Waals surface area contributed by atoms with Gasteiger partial charge in [0.2, 0.25) is 5.91 Å². The molecule has 0 aliphatic rings. The molecule has 0 radical (unpaired) electrons. The lowest BCUT2D eigenvalue weighted by atomic mass is 10.0. The van der Waals surface area contributed by atoms with E-state index in [0.29, 0.717) is 34.5 Å². The molecule has 4 aromatic rings. The molecule has 0 aliphatic heterocycles. The third-order valence-electron chi connectivity index (χ3n) is 5.87. The molecule has 4 rings (SSSR count). The molecule has 10 nitrogen and oxygen atoms in total. The highest BCUT2D eigenvalue weighted by Crippen LogP contribution is 2.33. The summed E-state index contributed by atoms with van der Waals surface area (Å²) in [5.74, 6) is -0.257. The molecular weight excluding hydrogens is 534 g/mol. The second-order valence-corrected chi connectivity index (χ2v) is 10.9. The predicted molar refractivity (Wildman–Crippen MR) is 163 cm³/mol. The Morgan fingerprint density at radius 1 is 0.976 bits per heavy atom. The second-order valence-electron chi connectivity index (χ2n) is 10.9. The Morgan fingerprint density at radius 2 is 1.74 bits per heavy atom. The van der Waals surface area contributed by atoms with Gasteiger partial charge in [-0.2, -0.15) is 0 Å². The van der Waals surface area contributed by atoms with E-state index in [1.54, 1.807) is 51.2 Å². The van der Waals surface area contributed by atoms with E-state index in [0.717, 1.165) is 11.1 Å². The Morgan fingerprint density at radius 3 is 2.45 bits per heavy atom. The fraction of sp³-hybridized carbons (Fsp3) is 0.250. The Bertz CT molecular complexity index is 1600. The minimum absolute atomic E-state index is 0.117. The van der Waals surface area contributed by atoms with Crippen LogP contribution in [0.4, 0.5) is 21.0 Å². The van der Waals surface area contributed by atoms with Gasteiger partial charge in [-0.25, -0.2) is 19.1 Å². The van der Waals surface area contributed by atoms with Gasteiger partial charge in [-0.3, -0.25) is 10.1 Å². The summed E-state index contributed by atoms with van der Waals surface area (Å²) in [4.78, 5) is 44.5. The molecule has 2 amide bonds. The molecule has 2 aromatic carbocycles. The summed E-state index contributed by atoms with van der Waals surface area (Å²) in [7, 11) is 3.84. The number of aromatic nitrogens is 2. The van der Waals surface area contributed by atoms with Gasteiger partial charge in [0.15, 0.2) is 0 Å².